The van der Waals surface area contributed by atoms with Gasteiger partial charge in [-0.3, -0.25) is 4.68 Å². The van der Waals surface area contributed by atoms with Crippen LogP contribution in [0.2, 0.25) is 0 Å². The maximum absolute atomic E-state index is 11.2. The first kappa shape index (κ1) is 11.4. The summed E-state index contributed by atoms with van der Waals surface area (Å²) in [5, 5.41) is 21.4. The second-order valence-electron chi connectivity index (χ2n) is 4.04. The van der Waals surface area contributed by atoms with Gasteiger partial charge in [0.05, 0.1) is 5.52 Å². The van der Waals surface area contributed by atoms with Crippen LogP contribution in [0.1, 0.15) is 22.3 Å². The fourth-order valence-corrected chi connectivity index (χ4v) is 1.94. The molecule has 0 saturated carbocycles. The van der Waals surface area contributed by atoms with Crippen LogP contribution in [0.5, 0.6) is 0 Å². The molecule has 7 nitrogen and oxygen atoms in total. The number of aryl methyl sites for hydroxylation is 1. The summed E-state index contributed by atoms with van der Waals surface area (Å²) in [5.41, 5.74) is 0.739. The van der Waals surface area contributed by atoms with E-state index >= 15 is 0 Å². The Morgan fingerprint density at radius 2 is 2.16 bits per heavy atom. The van der Waals surface area contributed by atoms with Gasteiger partial charge in [0.2, 0.25) is 11.8 Å². The topological polar surface area (TPSA) is 94.0 Å². The Kier molecular flexibility index (Phi) is 2.52. The van der Waals surface area contributed by atoms with E-state index in [-0.39, 0.29) is 12.2 Å². The third-order valence-corrected chi connectivity index (χ3v) is 2.71. The van der Waals surface area contributed by atoms with E-state index in [1.807, 2.05) is 6.07 Å². The van der Waals surface area contributed by atoms with E-state index in [2.05, 4.69) is 15.3 Å². The fourth-order valence-electron chi connectivity index (χ4n) is 1.94. The van der Waals surface area contributed by atoms with E-state index in [0.29, 0.717) is 17.2 Å². The molecule has 0 amide bonds. The highest BCUT2D eigenvalue weighted by atomic mass is 16.4. The molecule has 2 heterocycles. The number of para-hydroxylation sites is 1. The van der Waals surface area contributed by atoms with Gasteiger partial charge in [-0.05, 0) is 6.07 Å². The molecular formula is C12H10N4O3. The first-order valence-corrected chi connectivity index (χ1v) is 5.63. The standard InChI is InChI=1S/C12H10N4O3/c1-7-13-14-10(19-7)6-16-9-5-3-2-4-8(9)11(15-16)12(17)18/h2-5H,6H2,1H3,(H,17,18). The highest BCUT2D eigenvalue weighted by molar-refractivity contribution is 6.01. The minimum absolute atomic E-state index is 0.0202. The molecule has 0 bridgehead atoms. The molecule has 3 aromatic rings. The lowest BCUT2D eigenvalue weighted by Crippen LogP contribution is -2.04. The van der Waals surface area contributed by atoms with Crippen LogP contribution in [-0.2, 0) is 6.54 Å². The zero-order valence-electron chi connectivity index (χ0n) is 10.1. The average Bonchev–Trinajstić information content (AvgIpc) is 2.95. The van der Waals surface area contributed by atoms with Crippen LogP contribution in [0, 0.1) is 6.92 Å². The summed E-state index contributed by atoms with van der Waals surface area (Å²) in [4.78, 5) is 11.2. The number of hydrogen-bond donors (Lipinski definition) is 1. The second kappa shape index (κ2) is 4.20. The van der Waals surface area contributed by atoms with E-state index in [9.17, 15) is 4.79 Å². The van der Waals surface area contributed by atoms with Gasteiger partial charge in [-0.2, -0.15) is 5.10 Å². The Balaban J connectivity index is 2.11. The Labute approximate surface area is 107 Å². The quantitative estimate of drug-likeness (QED) is 0.764. The van der Waals surface area contributed by atoms with Gasteiger partial charge in [0.15, 0.2) is 5.69 Å². The van der Waals surface area contributed by atoms with Gasteiger partial charge in [0.1, 0.15) is 6.54 Å². The highest BCUT2D eigenvalue weighted by Crippen LogP contribution is 2.19. The van der Waals surface area contributed by atoms with Crippen molar-refractivity contribution in [3.8, 4) is 0 Å². The van der Waals surface area contributed by atoms with Gasteiger partial charge < -0.3 is 9.52 Å². The SMILES string of the molecule is Cc1nnc(Cn2nc(C(=O)O)c3ccccc32)o1. The van der Waals surface area contributed by atoms with Crippen LogP contribution in [0.3, 0.4) is 0 Å². The number of hydrogen-bond acceptors (Lipinski definition) is 5. The predicted octanol–water partition coefficient (Wildman–Crippen LogP) is 1.47. The third kappa shape index (κ3) is 1.95. The van der Waals surface area contributed by atoms with Gasteiger partial charge in [-0.15, -0.1) is 10.2 Å². The second-order valence-corrected chi connectivity index (χ2v) is 4.04. The zero-order chi connectivity index (χ0) is 13.4. The summed E-state index contributed by atoms with van der Waals surface area (Å²) in [6.07, 6.45) is 0. The van der Waals surface area contributed by atoms with Crippen molar-refractivity contribution >= 4 is 16.9 Å². The molecule has 1 aromatic carbocycles. The summed E-state index contributed by atoms with van der Waals surface area (Å²) in [5.74, 6) is -0.204. The van der Waals surface area contributed by atoms with Gasteiger partial charge in [-0.1, -0.05) is 18.2 Å². The summed E-state index contributed by atoms with van der Waals surface area (Å²) < 4.78 is 6.82. The van der Waals surface area contributed by atoms with Crippen molar-refractivity contribution in [3.63, 3.8) is 0 Å². The lowest BCUT2D eigenvalue weighted by molar-refractivity contribution is 0.0691. The summed E-state index contributed by atoms with van der Waals surface area (Å²) >= 11 is 0. The van der Waals surface area contributed by atoms with Crippen LogP contribution in [0.25, 0.3) is 10.9 Å². The summed E-state index contributed by atoms with van der Waals surface area (Å²) in [7, 11) is 0. The maximum atomic E-state index is 11.2. The highest BCUT2D eigenvalue weighted by Gasteiger charge is 2.17. The van der Waals surface area contributed by atoms with E-state index in [1.54, 1.807) is 29.8 Å². The number of rotatable bonds is 3. The Morgan fingerprint density at radius 1 is 1.37 bits per heavy atom. The van der Waals surface area contributed by atoms with Crippen LogP contribution < -0.4 is 0 Å². The molecule has 0 aliphatic heterocycles. The van der Waals surface area contributed by atoms with E-state index in [1.165, 1.54) is 0 Å². The molecule has 0 aliphatic carbocycles. The number of benzene rings is 1. The first-order valence-electron chi connectivity index (χ1n) is 5.63. The Morgan fingerprint density at radius 3 is 2.84 bits per heavy atom. The van der Waals surface area contributed by atoms with Crippen molar-refractivity contribution in [2.24, 2.45) is 0 Å². The normalized spacial score (nSPS) is 11.0. The number of carboxylic acids is 1. The van der Waals surface area contributed by atoms with E-state index in [0.717, 1.165) is 5.52 Å². The molecule has 2 aromatic heterocycles. The molecule has 1 N–H and O–H groups in total. The Bertz CT molecular complexity index is 759. The molecule has 0 unspecified atom stereocenters. The van der Waals surface area contributed by atoms with Gasteiger partial charge in [0.25, 0.3) is 0 Å². The number of carbonyl (C=O) groups is 1. The molecule has 3 rings (SSSR count). The molecule has 0 saturated heterocycles. The molecule has 19 heavy (non-hydrogen) atoms. The maximum Gasteiger partial charge on any atom is 0.357 e. The molecule has 0 radical (unpaired) electrons. The lowest BCUT2D eigenvalue weighted by atomic mass is 10.2. The zero-order valence-corrected chi connectivity index (χ0v) is 10.1. The van der Waals surface area contributed by atoms with Crippen molar-refractivity contribution in [1.82, 2.24) is 20.0 Å². The number of carboxylic acid groups (broad SMARTS) is 1. The number of aromatic nitrogens is 4. The number of fused-ring (bicyclic) bond motifs is 1. The lowest BCUT2D eigenvalue weighted by Gasteiger charge is -1.98. The monoisotopic (exact) mass is 258 g/mol. The first-order chi connectivity index (χ1) is 9.15. The minimum Gasteiger partial charge on any atom is -0.476 e. The van der Waals surface area contributed by atoms with Gasteiger partial charge in [-0.25, -0.2) is 4.79 Å². The predicted molar refractivity (Wildman–Crippen MR) is 64.8 cm³/mol. The summed E-state index contributed by atoms with van der Waals surface area (Å²) in [6, 6.07) is 7.13. The molecular weight excluding hydrogens is 248 g/mol. The molecule has 7 heteroatoms. The third-order valence-electron chi connectivity index (χ3n) is 2.71. The Hall–Kier alpha value is -2.70. The van der Waals surface area contributed by atoms with E-state index < -0.39 is 5.97 Å². The van der Waals surface area contributed by atoms with Crippen molar-refractivity contribution in [1.29, 1.82) is 0 Å². The summed E-state index contributed by atoms with van der Waals surface area (Å²) in [6.45, 7) is 1.94. The largest absolute Gasteiger partial charge is 0.476 e. The van der Waals surface area contributed by atoms with Gasteiger partial charge in [0, 0.05) is 12.3 Å². The minimum atomic E-state index is -1.06. The van der Waals surface area contributed by atoms with Crippen molar-refractivity contribution in [3.05, 3.63) is 41.7 Å². The smallest absolute Gasteiger partial charge is 0.357 e. The fraction of sp³-hybridized carbons (Fsp3) is 0.167. The molecule has 0 aliphatic rings. The van der Waals surface area contributed by atoms with Crippen molar-refractivity contribution in [2.45, 2.75) is 13.5 Å². The average molecular weight is 258 g/mol. The van der Waals surface area contributed by atoms with Crippen LogP contribution in [0.4, 0.5) is 0 Å². The van der Waals surface area contributed by atoms with Crippen LogP contribution in [-0.4, -0.2) is 31.1 Å². The molecule has 0 fully saturated rings. The number of nitrogens with zero attached hydrogens (tertiary/aromatic N) is 4. The molecule has 0 atom stereocenters. The van der Waals surface area contributed by atoms with Crippen LogP contribution in [0.15, 0.2) is 28.7 Å². The van der Waals surface area contributed by atoms with Crippen LogP contribution >= 0.6 is 0 Å². The van der Waals surface area contributed by atoms with Gasteiger partial charge >= 0.3 is 5.97 Å². The molecule has 0 spiro atoms. The molecule has 96 valence electrons. The van der Waals surface area contributed by atoms with Crippen molar-refractivity contribution in [2.75, 3.05) is 0 Å². The van der Waals surface area contributed by atoms with Crippen molar-refractivity contribution < 1.29 is 14.3 Å². The number of aromatic carboxylic acids is 1. The van der Waals surface area contributed by atoms with E-state index in [4.69, 9.17) is 9.52 Å².